The Morgan fingerprint density at radius 2 is 2.47 bits per heavy atom. The Morgan fingerprint density at radius 3 is 3.06 bits per heavy atom. The maximum absolute atomic E-state index is 10.6. The zero-order chi connectivity index (χ0) is 11.8. The standard InChI is InChI=1S/C12H14N2O3/c15-12(16)11-6-9(17-14-11)3-1-7-5-8-2-4-10(7)13-8/h1,3,6-8,10,13H,2,4-5H2,(H,15,16). The molecule has 2 fully saturated rings. The Bertz CT molecular complexity index is 466. The monoisotopic (exact) mass is 234 g/mol. The van der Waals surface area contributed by atoms with Crippen molar-refractivity contribution in [1.29, 1.82) is 0 Å². The van der Waals surface area contributed by atoms with Gasteiger partial charge in [0.05, 0.1) is 0 Å². The van der Waals surface area contributed by atoms with Crippen molar-refractivity contribution >= 4 is 12.0 Å². The summed E-state index contributed by atoms with van der Waals surface area (Å²) in [4.78, 5) is 10.6. The molecular formula is C12H14N2O3. The number of rotatable bonds is 3. The Hall–Kier alpha value is -1.62. The van der Waals surface area contributed by atoms with Crippen molar-refractivity contribution in [2.75, 3.05) is 0 Å². The van der Waals surface area contributed by atoms with Gasteiger partial charge in [0.25, 0.3) is 0 Å². The van der Waals surface area contributed by atoms with E-state index < -0.39 is 5.97 Å². The normalized spacial score (nSPS) is 31.4. The lowest BCUT2D eigenvalue weighted by Crippen LogP contribution is -2.21. The predicted molar refractivity (Wildman–Crippen MR) is 60.5 cm³/mol. The van der Waals surface area contributed by atoms with Gasteiger partial charge in [-0.15, -0.1) is 0 Å². The second-order valence-electron chi connectivity index (χ2n) is 4.73. The summed E-state index contributed by atoms with van der Waals surface area (Å²) in [5.74, 6) is -0.0210. The molecule has 2 N–H and O–H groups in total. The van der Waals surface area contributed by atoms with Gasteiger partial charge in [0, 0.05) is 18.2 Å². The number of nitrogens with zero attached hydrogens (tertiary/aromatic N) is 1. The summed E-state index contributed by atoms with van der Waals surface area (Å²) in [7, 11) is 0. The quantitative estimate of drug-likeness (QED) is 0.829. The molecule has 2 aliphatic rings. The Labute approximate surface area is 98.5 Å². The molecule has 0 radical (unpaired) electrons. The third-order valence-corrected chi connectivity index (χ3v) is 3.60. The number of fused-ring (bicyclic) bond motifs is 2. The van der Waals surface area contributed by atoms with E-state index in [1.807, 2.05) is 6.08 Å². The van der Waals surface area contributed by atoms with Crippen molar-refractivity contribution < 1.29 is 14.4 Å². The van der Waals surface area contributed by atoms with Gasteiger partial charge in [-0.1, -0.05) is 11.2 Å². The van der Waals surface area contributed by atoms with Crippen LogP contribution in [0.1, 0.15) is 35.5 Å². The van der Waals surface area contributed by atoms with Gasteiger partial charge in [0.2, 0.25) is 0 Å². The highest BCUT2D eigenvalue weighted by Gasteiger charge is 2.37. The van der Waals surface area contributed by atoms with Crippen LogP contribution in [0, 0.1) is 5.92 Å². The van der Waals surface area contributed by atoms with E-state index >= 15 is 0 Å². The summed E-state index contributed by atoms with van der Waals surface area (Å²) in [5.41, 5.74) is -0.0456. The number of aromatic nitrogens is 1. The molecule has 3 heterocycles. The first-order chi connectivity index (χ1) is 8.22. The summed E-state index contributed by atoms with van der Waals surface area (Å²) < 4.78 is 4.93. The van der Waals surface area contributed by atoms with Crippen LogP contribution in [0.5, 0.6) is 0 Å². The molecule has 3 atom stereocenters. The van der Waals surface area contributed by atoms with Crippen molar-refractivity contribution in [2.24, 2.45) is 5.92 Å². The molecule has 0 amide bonds. The first-order valence-corrected chi connectivity index (χ1v) is 5.86. The third-order valence-electron chi connectivity index (χ3n) is 3.60. The summed E-state index contributed by atoms with van der Waals surface area (Å²) in [6.07, 6.45) is 7.60. The molecule has 3 rings (SSSR count). The average Bonchev–Trinajstić information content (AvgIpc) is 3.02. The van der Waals surface area contributed by atoms with Gasteiger partial charge in [-0.25, -0.2) is 4.79 Å². The van der Waals surface area contributed by atoms with Crippen LogP contribution in [0.2, 0.25) is 0 Å². The van der Waals surface area contributed by atoms with Gasteiger partial charge in [-0.2, -0.15) is 0 Å². The van der Waals surface area contributed by atoms with Gasteiger partial charge in [-0.3, -0.25) is 0 Å². The fraction of sp³-hybridized carbons (Fsp3) is 0.500. The molecule has 0 aromatic carbocycles. The van der Waals surface area contributed by atoms with Gasteiger partial charge in [0.1, 0.15) is 0 Å². The molecule has 90 valence electrons. The fourth-order valence-corrected chi connectivity index (χ4v) is 2.77. The summed E-state index contributed by atoms with van der Waals surface area (Å²) in [5, 5.41) is 15.7. The number of carboxylic acids is 1. The van der Waals surface area contributed by atoms with E-state index in [1.165, 1.54) is 25.3 Å². The highest BCUT2D eigenvalue weighted by atomic mass is 16.5. The molecule has 2 bridgehead atoms. The van der Waals surface area contributed by atoms with E-state index in [0.717, 1.165) is 0 Å². The van der Waals surface area contributed by atoms with Gasteiger partial charge < -0.3 is 14.9 Å². The molecule has 3 unspecified atom stereocenters. The lowest BCUT2D eigenvalue weighted by atomic mass is 9.89. The van der Waals surface area contributed by atoms with Crippen LogP contribution in [0.15, 0.2) is 16.7 Å². The van der Waals surface area contributed by atoms with E-state index in [0.29, 0.717) is 23.8 Å². The number of hydrogen-bond donors (Lipinski definition) is 2. The zero-order valence-electron chi connectivity index (χ0n) is 9.30. The number of aromatic carboxylic acids is 1. The maximum atomic E-state index is 10.6. The molecule has 5 heteroatoms. The van der Waals surface area contributed by atoms with Crippen molar-refractivity contribution in [3.05, 3.63) is 23.6 Å². The number of nitrogens with one attached hydrogen (secondary N) is 1. The molecule has 0 spiro atoms. The second kappa shape index (κ2) is 4.00. The minimum Gasteiger partial charge on any atom is -0.476 e. The predicted octanol–water partition coefficient (Wildman–Crippen LogP) is 1.53. The van der Waals surface area contributed by atoms with Crippen LogP contribution < -0.4 is 5.32 Å². The van der Waals surface area contributed by atoms with Gasteiger partial charge in [0.15, 0.2) is 11.5 Å². The molecule has 2 saturated heterocycles. The van der Waals surface area contributed by atoms with Crippen LogP contribution in [0.25, 0.3) is 6.08 Å². The van der Waals surface area contributed by atoms with Crippen molar-refractivity contribution in [2.45, 2.75) is 31.3 Å². The van der Waals surface area contributed by atoms with E-state index in [9.17, 15) is 4.79 Å². The second-order valence-corrected chi connectivity index (χ2v) is 4.73. The highest BCUT2D eigenvalue weighted by molar-refractivity contribution is 5.85. The van der Waals surface area contributed by atoms with E-state index in [-0.39, 0.29) is 5.69 Å². The summed E-state index contributed by atoms with van der Waals surface area (Å²) in [6.45, 7) is 0. The minimum atomic E-state index is -1.06. The summed E-state index contributed by atoms with van der Waals surface area (Å²) in [6, 6.07) is 2.69. The van der Waals surface area contributed by atoms with E-state index in [4.69, 9.17) is 9.63 Å². The van der Waals surface area contributed by atoms with Crippen LogP contribution in [-0.4, -0.2) is 28.3 Å². The largest absolute Gasteiger partial charge is 0.476 e. The minimum absolute atomic E-state index is 0.0456. The smallest absolute Gasteiger partial charge is 0.358 e. The Balaban J connectivity index is 1.67. The van der Waals surface area contributed by atoms with Crippen LogP contribution in [0.3, 0.4) is 0 Å². The third kappa shape index (κ3) is 1.98. The molecule has 1 aromatic heterocycles. The maximum Gasteiger partial charge on any atom is 0.358 e. The van der Waals surface area contributed by atoms with Gasteiger partial charge >= 0.3 is 5.97 Å². The van der Waals surface area contributed by atoms with Crippen molar-refractivity contribution in [3.63, 3.8) is 0 Å². The van der Waals surface area contributed by atoms with E-state index in [2.05, 4.69) is 16.5 Å². The topological polar surface area (TPSA) is 75.4 Å². The lowest BCUT2D eigenvalue weighted by molar-refractivity contribution is 0.0685. The number of carboxylic acid groups (broad SMARTS) is 1. The zero-order valence-corrected chi connectivity index (χ0v) is 9.30. The molecule has 5 nitrogen and oxygen atoms in total. The van der Waals surface area contributed by atoms with Gasteiger partial charge in [-0.05, 0) is 31.3 Å². The Morgan fingerprint density at radius 1 is 1.59 bits per heavy atom. The van der Waals surface area contributed by atoms with Crippen LogP contribution in [-0.2, 0) is 0 Å². The number of hydrogen-bond acceptors (Lipinski definition) is 4. The Kier molecular flexibility index (Phi) is 2.48. The molecular weight excluding hydrogens is 220 g/mol. The van der Waals surface area contributed by atoms with Crippen molar-refractivity contribution in [1.82, 2.24) is 10.5 Å². The summed E-state index contributed by atoms with van der Waals surface area (Å²) >= 11 is 0. The van der Waals surface area contributed by atoms with E-state index in [1.54, 1.807) is 0 Å². The molecule has 17 heavy (non-hydrogen) atoms. The number of carbonyl (C=O) groups is 1. The molecule has 0 aliphatic carbocycles. The first-order valence-electron chi connectivity index (χ1n) is 5.86. The molecule has 0 saturated carbocycles. The molecule has 2 aliphatic heterocycles. The first kappa shape index (κ1) is 10.5. The molecule has 1 aromatic rings. The highest BCUT2D eigenvalue weighted by Crippen LogP contribution is 2.34. The lowest BCUT2D eigenvalue weighted by Gasteiger charge is -2.15. The fourth-order valence-electron chi connectivity index (χ4n) is 2.77. The van der Waals surface area contributed by atoms with Crippen LogP contribution >= 0.6 is 0 Å². The van der Waals surface area contributed by atoms with Crippen molar-refractivity contribution in [3.8, 4) is 0 Å². The van der Waals surface area contributed by atoms with Crippen LogP contribution in [0.4, 0.5) is 0 Å². The SMILES string of the molecule is O=C(O)c1cc(C=CC2CC3CCC2N3)on1. The average molecular weight is 234 g/mol.